The van der Waals surface area contributed by atoms with Gasteiger partial charge in [0.05, 0.1) is 30.3 Å². The zero-order valence-corrected chi connectivity index (χ0v) is 20.4. The molecule has 2 heterocycles. The Morgan fingerprint density at radius 1 is 1.08 bits per heavy atom. The monoisotopic (exact) mass is 485 g/mol. The van der Waals surface area contributed by atoms with Crippen LogP contribution in [0.15, 0.2) is 81.0 Å². The number of carbonyl (C=O) groups is 2. The van der Waals surface area contributed by atoms with E-state index in [-0.39, 0.29) is 29.0 Å². The molecule has 0 fully saturated rings. The third-order valence-corrected chi connectivity index (χ3v) is 6.86. The molecule has 1 aromatic heterocycles. The first kappa shape index (κ1) is 23.6. The minimum atomic E-state index is -0.810. The zero-order chi connectivity index (χ0) is 25.4. The SMILES string of the molecule is COc1ccc(COC(=O)C2=C(C)NC3=CCCC(=O)C3C2c2coc3ccc(C)cc3c2=O)cc1. The molecule has 2 atom stereocenters. The number of ether oxygens (including phenoxy) is 2. The molecule has 7 heteroatoms. The minimum Gasteiger partial charge on any atom is -0.497 e. The number of carbonyl (C=O) groups excluding carboxylic acids is 2. The molecule has 0 saturated heterocycles. The van der Waals surface area contributed by atoms with Gasteiger partial charge in [-0.3, -0.25) is 9.59 Å². The molecule has 1 aliphatic heterocycles. The van der Waals surface area contributed by atoms with Gasteiger partial charge in [0.15, 0.2) is 5.43 Å². The number of fused-ring (bicyclic) bond motifs is 2. The lowest BCUT2D eigenvalue weighted by molar-refractivity contribution is -0.141. The summed E-state index contributed by atoms with van der Waals surface area (Å²) < 4.78 is 16.7. The van der Waals surface area contributed by atoms with Crippen LogP contribution in [0.4, 0.5) is 0 Å². The Hall–Kier alpha value is -4.13. The molecule has 0 radical (unpaired) electrons. The van der Waals surface area contributed by atoms with Crippen LogP contribution in [-0.2, 0) is 20.9 Å². The van der Waals surface area contributed by atoms with Crippen molar-refractivity contribution in [1.29, 1.82) is 0 Å². The van der Waals surface area contributed by atoms with Crippen molar-refractivity contribution in [3.05, 3.63) is 98.7 Å². The second kappa shape index (κ2) is 9.49. The lowest BCUT2D eigenvalue weighted by atomic mass is 9.71. The van der Waals surface area contributed by atoms with Crippen molar-refractivity contribution in [3.63, 3.8) is 0 Å². The summed E-state index contributed by atoms with van der Waals surface area (Å²) in [6.07, 6.45) is 4.31. The Morgan fingerprint density at radius 3 is 2.61 bits per heavy atom. The molecular weight excluding hydrogens is 458 g/mol. The van der Waals surface area contributed by atoms with E-state index in [1.54, 1.807) is 38.3 Å². The van der Waals surface area contributed by atoms with Gasteiger partial charge < -0.3 is 19.2 Å². The minimum absolute atomic E-state index is 0.0262. The summed E-state index contributed by atoms with van der Waals surface area (Å²) in [6.45, 7) is 3.70. The molecule has 0 bridgehead atoms. The van der Waals surface area contributed by atoms with Crippen LogP contribution < -0.4 is 15.5 Å². The molecule has 1 N–H and O–H groups in total. The van der Waals surface area contributed by atoms with Gasteiger partial charge in [-0.1, -0.05) is 29.8 Å². The number of hydrogen-bond donors (Lipinski definition) is 1. The Bertz CT molecular complexity index is 1480. The molecule has 0 amide bonds. The highest BCUT2D eigenvalue weighted by Crippen LogP contribution is 2.43. The standard InChI is InChI=1S/C29H27NO6/c1-16-7-12-24-20(13-16)28(32)21(15-35-24)26-25(17(2)30-22-5-4-6-23(31)27(22)26)29(33)36-14-18-8-10-19(34-3)11-9-18/h5,7-13,15,26-27,30H,4,6,14H2,1-3H3. The first-order chi connectivity index (χ1) is 17.4. The van der Waals surface area contributed by atoms with E-state index in [0.717, 1.165) is 11.1 Å². The molecule has 2 aliphatic rings. The van der Waals surface area contributed by atoms with E-state index >= 15 is 0 Å². The zero-order valence-electron chi connectivity index (χ0n) is 20.4. The first-order valence-electron chi connectivity index (χ1n) is 11.9. The van der Waals surface area contributed by atoms with E-state index in [0.29, 0.717) is 41.0 Å². The van der Waals surface area contributed by atoms with Crippen LogP contribution in [0.5, 0.6) is 5.75 Å². The number of nitrogens with one attached hydrogen (secondary N) is 1. The number of hydrogen-bond acceptors (Lipinski definition) is 7. The highest BCUT2D eigenvalue weighted by atomic mass is 16.5. The second-order valence-corrected chi connectivity index (χ2v) is 9.23. The number of allylic oxidation sites excluding steroid dienone is 3. The van der Waals surface area contributed by atoms with Gasteiger partial charge in [0, 0.05) is 29.3 Å². The summed E-state index contributed by atoms with van der Waals surface area (Å²) in [6, 6.07) is 12.6. The summed E-state index contributed by atoms with van der Waals surface area (Å²) in [5, 5.41) is 3.65. The van der Waals surface area contributed by atoms with Crippen LogP contribution in [0.3, 0.4) is 0 Å². The highest BCUT2D eigenvalue weighted by Gasteiger charge is 2.44. The smallest absolute Gasteiger partial charge is 0.336 e. The topological polar surface area (TPSA) is 94.8 Å². The van der Waals surface area contributed by atoms with Crippen molar-refractivity contribution in [3.8, 4) is 5.75 Å². The van der Waals surface area contributed by atoms with Crippen LogP contribution in [0.1, 0.15) is 42.4 Å². The quantitative estimate of drug-likeness (QED) is 0.525. The first-order valence-corrected chi connectivity index (χ1v) is 11.9. The number of Topliss-reactive ketones (excluding diaryl/α,β-unsaturated/α-hetero) is 1. The fourth-order valence-electron chi connectivity index (χ4n) is 5.04. The van der Waals surface area contributed by atoms with E-state index < -0.39 is 17.8 Å². The number of rotatable bonds is 5. The number of ketones is 1. The average Bonchev–Trinajstić information content (AvgIpc) is 2.87. The van der Waals surface area contributed by atoms with E-state index in [1.165, 1.54) is 6.26 Å². The van der Waals surface area contributed by atoms with Crippen LogP contribution >= 0.6 is 0 Å². The lowest BCUT2D eigenvalue weighted by Gasteiger charge is -2.37. The molecular formula is C29H27NO6. The van der Waals surface area contributed by atoms with Gasteiger partial charge in [-0.15, -0.1) is 0 Å². The number of benzene rings is 2. The Kier molecular flexibility index (Phi) is 6.22. The maximum absolute atomic E-state index is 13.7. The van der Waals surface area contributed by atoms with Crippen LogP contribution in [0, 0.1) is 12.8 Å². The molecule has 2 aromatic carbocycles. The molecule has 1 aliphatic carbocycles. The third kappa shape index (κ3) is 4.21. The van der Waals surface area contributed by atoms with Crippen LogP contribution in [0.25, 0.3) is 11.0 Å². The van der Waals surface area contributed by atoms with Gasteiger partial charge in [0.2, 0.25) is 0 Å². The van der Waals surface area contributed by atoms with Crippen molar-refractivity contribution in [2.45, 2.75) is 39.2 Å². The maximum atomic E-state index is 13.7. The Balaban J connectivity index is 1.57. The van der Waals surface area contributed by atoms with E-state index in [2.05, 4.69) is 5.32 Å². The summed E-state index contributed by atoms with van der Waals surface area (Å²) in [5.74, 6) is -1.40. The predicted molar refractivity (Wildman–Crippen MR) is 134 cm³/mol. The van der Waals surface area contributed by atoms with Crippen molar-refractivity contribution >= 4 is 22.7 Å². The van der Waals surface area contributed by atoms with Crippen molar-refractivity contribution < 1.29 is 23.5 Å². The number of aryl methyl sites for hydroxylation is 1. The molecule has 0 saturated carbocycles. The average molecular weight is 486 g/mol. The fourth-order valence-corrected chi connectivity index (χ4v) is 5.04. The lowest BCUT2D eigenvalue weighted by Crippen LogP contribution is -2.42. The van der Waals surface area contributed by atoms with Crippen LogP contribution in [-0.4, -0.2) is 18.9 Å². The largest absolute Gasteiger partial charge is 0.497 e. The maximum Gasteiger partial charge on any atom is 0.336 e. The number of esters is 1. The second-order valence-electron chi connectivity index (χ2n) is 9.23. The molecule has 7 nitrogen and oxygen atoms in total. The Morgan fingerprint density at radius 2 is 1.86 bits per heavy atom. The van der Waals surface area contributed by atoms with Crippen molar-refractivity contribution in [2.24, 2.45) is 5.92 Å². The third-order valence-electron chi connectivity index (χ3n) is 6.86. The van der Waals surface area contributed by atoms with E-state index in [1.807, 2.05) is 31.2 Å². The predicted octanol–water partition coefficient (Wildman–Crippen LogP) is 4.68. The Labute approximate surface area is 208 Å². The molecule has 3 aromatic rings. The van der Waals surface area contributed by atoms with Crippen molar-refractivity contribution in [1.82, 2.24) is 5.32 Å². The van der Waals surface area contributed by atoms with Gasteiger partial charge in [0.25, 0.3) is 0 Å². The van der Waals surface area contributed by atoms with Crippen molar-refractivity contribution in [2.75, 3.05) is 7.11 Å². The highest BCUT2D eigenvalue weighted by molar-refractivity contribution is 5.96. The number of methoxy groups -OCH3 is 1. The molecule has 184 valence electrons. The normalized spacial score (nSPS) is 19.4. The van der Waals surface area contributed by atoms with Gasteiger partial charge in [0.1, 0.15) is 23.7 Å². The summed E-state index contributed by atoms with van der Waals surface area (Å²) in [4.78, 5) is 40.3. The van der Waals surface area contributed by atoms with E-state index in [4.69, 9.17) is 13.9 Å². The van der Waals surface area contributed by atoms with Gasteiger partial charge in [-0.05, 0) is 50.1 Å². The van der Waals surface area contributed by atoms with Crippen LogP contribution in [0.2, 0.25) is 0 Å². The molecule has 2 unspecified atom stereocenters. The van der Waals surface area contributed by atoms with Gasteiger partial charge >= 0.3 is 5.97 Å². The van der Waals surface area contributed by atoms with E-state index in [9.17, 15) is 14.4 Å². The summed E-state index contributed by atoms with van der Waals surface area (Å²) >= 11 is 0. The van der Waals surface area contributed by atoms with Gasteiger partial charge in [-0.25, -0.2) is 4.79 Å². The summed E-state index contributed by atoms with van der Waals surface area (Å²) in [5.41, 5.74) is 3.72. The fraction of sp³-hybridized carbons (Fsp3) is 0.276. The molecule has 5 rings (SSSR count). The summed E-state index contributed by atoms with van der Waals surface area (Å²) in [7, 11) is 1.58. The molecule has 36 heavy (non-hydrogen) atoms. The molecule has 0 spiro atoms. The van der Waals surface area contributed by atoms with Gasteiger partial charge in [-0.2, -0.15) is 0 Å².